The fraction of sp³-hybridized carbons (Fsp3) is 0.400. The highest BCUT2D eigenvalue weighted by atomic mass is 35.5. The first-order chi connectivity index (χ1) is 11.5. The third-order valence-corrected chi connectivity index (χ3v) is 3.01. The second-order valence-electron chi connectivity index (χ2n) is 4.77. The number of amides is 1. The molecule has 9 nitrogen and oxygen atoms in total. The highest BCUT2D eigenvalue weighted by Crippen LogP contribution is 2.36. The summed E-state index contributed by atoms with van der Waals surface area (Å²) in [5, 5.41) is 14.2. The van der Waals surface area contributed by atoms with Gasteiger partial charge in [0.25, 0.3) is 5.69 Å². The number of ether oxygens (including phenoxy) is 2. The quantitative estimate of drug-likeness (QED) is 0.218. The number of anilines is 1. The Morgan fingerprint density at radius 2 is 2.00 bits per heavy atom. The molecule has 148 valence electrons. The Kier molecular flexibility index (Phi) is 14.2. The SMILES string of the molecule is COCCCOc1cc(C(N)=O)cc([N+](=O)[O-])c1NC/C=C/CN.Cl.Cl. The molecule has 0 unspecified atom stereocenters. The predicted molar refractivity (Wildman–Crippen MR) is 105 cm³/mol. The first-order valence-corrected chi connectivity index (χ1v) is 7.34. The Morgan fingerprint density at radius 3 is 2.54 bits per heavy atom. The summed E-state index contributed by atoms with van der Waals surface area (Å²) in [7, 11) is 1.56. The standard InChI is InChI=1S/C15H22N4O5.2ClH/c1-23-7-4-8-24-13-10-11(15(17)20)9-12(19(21)22)14(13)18-6-3-2-5-16;;/h2-3,9-10,18H,4-8,16H2,1H3,(H2,17,20);2*1H/b3-2+;;. The van der Waals surface area contributed by atoms with Gasteiger partial charge in [-0.3, -0.25) is 14.9 Å². The molecule has 0 spiro atoms. The normalized spacial score (nSPS) is 9.92. The van der Waals surface area contributed by atoms with Crippen LogP contribution in [0.5, 0.6) is 5.75 Å². The van der Waals surface area contributed by atoms with Gasteiger partial charge in [-0.25, -0.2) is 0 Å². The molecule has 0 aliphatic carbocycles. The first-order valence-electron chi connectivity index (χ1n) is 7.34. The van der Waals surface area contributed by atoms with Gasteiger partial charge in [0, 0.05) is 44.9 Å². The average molecular weight is 411 g/mol. The Hall–Kier alpha value is -2.07. The van der Waals surface area contributed by atoms with Crippen molar-refractivity contribution in [2.75, 3.05) is 38.7 Å². The van der Waals surface area contributed by atoms with Crippen LogP contribution in [0, 0.1) is 10.1 Å². The van der Waals surface area contributed by atoms with Crippen molar-refractivity contribution in [3.8, 4) is 5.75 Å². The summed E-state index contributed by atoms with van der Waals surface area (Å²) < 4.78 is 10.5. The molecule has 11 heteroatoms. The third-order valence-electron chi connectivity index (χ3n) is 3.01. The molecule has 0 aliphatic rings. The van der Waals surface area contributed by atoms with Gasteiger partial charge in [-0.2, -0.15) is 0 Å². The van der Waals surface area contributed by atoms with E-state index in [1.807, 2.05) is 0 Å². The summed E-state index contributed by atoms with van der Waals surface area (Å²) in [4.78, 5) is 22.1. The van der Waals surface area contributed by atoms with Crippen LogP contribution in [0.2, 0.25) is 0 Å². The lowest BCUT2D eigenvalue weighted by atomic mass is 10.1. The van der Waals surface area contributed by atoms with Crippen LogP contribution in [0.3, 0.4) is 0 Å². The minimum absolute atomic E-state index is 0. The molecular weight excluding hydrogens is 387 g/mol. The van der Waals surface area contributed by atoms with Crippen LogP contribution >= 0.6 is 24.8 Å². The second-order valence-corrected chi connectivity index (χ2v) is 4.77. The van der Waals surface area contributed by atoms with Crippen LogP contribution < -0.4 is 21.5 Å². The largest absolute Gasteiger partial charge is 0.491 e. The number of benzene rings is 1. The molecule has 1 aromatic carbocycles. The molecule has 0 aliphatic heterocycles. The van der Waals surface area contributed by atoms with E-state index in [0.29, 0.717) is 26.1 Å². The summed E-state index contributed by atoms with van der Waals surface area (Å²) in [6.07, 6.45) is 4.05. The highest BCUT2D eigenvalue weighted by Gasteiger charge is 2.22. The molecule has 0 saturated carbocycles. The van der Waals surface area contributed by atoms with Crippen molar-refractivity contribution >= 4 is 42.1 Å². The number of halogens is 2. The van der Waals surface area contributed by atoms with Crippen LogP contribution in [-0.4, -0.2) is 44.2 Å². The van der Waals surface area contributed by atoms with Gasteiger partial charge < -0.3 is 26.3 Å². The van der Waals surface area contributed by atoms with E-state index in [1.54, 1.807) is 19.3 Å². The Labute approximate surface area is 164 Å². The minimum atomic E-state index is -0.769. The van der Waals surface area contributed by atoms with Gasteiger partial charge in [0.2, 0.25) is 5.91 Å². The zero-order valence-corrected chi connectivity index (χ0v) is 15.9. The molecule has 0 bridgehead atoms. The molecule has 5 N–H and O–H groups in total. The number of primary amides is 1. The van der Waals surface area contributed by atoms with Gasteiger partial charge in [0.15, 0.2) is 5.69 Å². The number of nitrogens with zero attached hydrogens (tertiary/aromatic N) is 1. The van der Waals surface area contributed by atoms with E-state index in [1.165, 1.54) is 6.07 Å². The topological polar surface area (TPSA) is 143 Å². The molecule has 0 atom stereocenters. The zero-order valence-electron chi connectivity index (χ0n) is 14.3. The maximum Gasteiger partial charge on any atom is 0.296 e. The predicted octanol–water partition coefficient (Wildman–Crippen LogP) is 1.88. The van der Waals surface area contributed by atoms with Crippen molar-refractivity contribution in [3.63, 3.8) is 0 Å². The maximum absolute atomic E-state index is 11.4. The van der Waals surface area contributed by atoms with Crippen LogP contribution in [0.25, 0.3) is 0 Å². The van der Waals surface area contributed by atoms with Crippen LogP contribution in [-0.2, 0) is 4.74 Å². The lowest BCUT2D eigenvalue weighted by Crippen LogP contribution is -2.14. The number of nitrogens with two attached hydrogens (primary N) is 2. The molecular formula is C15H24Cl2N4O5. The van der Waals surface area contributed by atoms with E-state index < -0.39 is 10.8 Å². The third kappa shape index (κ3) is 8.34. The van der Waals surface area contributed by atoms with Gasteiger partial charge in [0.1, 0.15) is 5.75 Å². The Balaban J connectivity index is 0. The number of nitrogens with one attached hydrogen (secondary N) is 1. The summed E-state index contributed by atoms with van der Waals surface area (Å²) in [6, 6.07) is 2.51. The van der Waals surface area contributed by atoms with Gasteiger partial charge >= 0.3 is 0 Å². The summed E-state index contributed by atoms with van der Waals surface area (Å²) >= 11 is 0. The van der Waals surface area contributed by atoms with Crippen LogP contribution in [0.15, 0.2) is 24.3 Å². The second kappa shape index (κ2) is 14.1. The lowest BCUT2D eigenvalue weighted by molar-refractivity contribution is -0.384. The number of nitro benzene ring substituents is 1. The van der Waals surface area contributed by atoms with E-state index in [9.17, 15) is 14.9 Å². The van der Waals surface area contributed by atoms with Gasteiger partial charge in [0.05, 0.1) is 11.5 Å². The van der Waals surface area contributed by atoms with Gasteiger partial charge in [-0.1, -0.05) is 12.2 Å². The number of methoxy groups -OCH3 is 1. The monoisotopic (exact) mass is 410 g/mol. The molecule has 26 heavy (non-hydrogen) atoms. The van der Waals surface area contributed by atoms with Crippen molar-refractivity contribution in [1.82, 2.24) is 0 Å². The fourth-order valence-electron chi connectivity index (χ4n) is 1.90. The molecule has 0 fully saturated rings. The molecule has 1 amide bonds. The number of rotatable bonds is 11. The van der Waals surface area contributed by atoms with Gasteiger partial charge in [-0.15, -0.1) is 24.8 Å². The number of carbonyl (C=O) groups is 1. The van der Waals surface area contributed by atoms with Crippen LogP contribution in [0.1, 0.15) is 16.8 Å². The maximum atomic E-state index is 11.4. The molecule has 0 radical (unpaired) electrons. The Bertz CT molecular complexity index is 614. The van der Waals surface area contributed by atoms with E-state index >= 15 is 0 Å². The van der Waals surface area contributed by atoms with Crippen LogP contribution in [0.4, 0.5) is 11.4 Å². The Morgan fingerprint density at radius 1 is 1.31 bits per heavy atom. The number of hydrogen-bond donors (Lipinski definition) is 3. The van der Waals surface area contributed by atoms with Gasteiger partial charge in [-0.05, 0) is 6.07 Å². The highest BCUT2D eigenvalue weighted by molar-refractivity contribution is 5.95. The summed E-state index contributed by atoms with van der Waals surface area (Å²) in [6.45, 7) is 1.45. The average Bonchev–Trinajstić information content (AvgIpc) is 2.55. The zero-order chi connectivity index (χ0) is 17.9. The van der Waals surface area contributed by atoms with E-state index in [0.717, 1.165) is 6.07 Å². The summed E-state index contributed by atoms with van der Waals surface area (Å²) in [5.74, 6) is -0.579. The molecule has 0 aromatic heterocycles. The van der Waals surface area contributed by atoms with Crippen molar-refractivity contribution in [2.45, 2.75) is 6.42 Å². The first kappa shape index (κ1) is 26.2. The molecule has 1 aromatic rings. The number of carbonyl (C=O) groups excluding carboxylic acids is 1. The number of hydrogen-bond acceptors (Lipinski definition) is 7. The molecule has 0 saturated heterocycles. The van der Waals surface area contributed by atoms with Crippen molar-refractivity contribution in [3.05, 3.63) is 40.0 Å². The smallest absolute Gasteiger partial charge is 0.296 e. The van der Waals surface area contributed by atoms with E-state index in [4.69, 9.17) is 20.9 Å². The van der Waals surface area contributed by atoms with Crippen molar-refractivity contribution < 1.29 is 19.2 Å². The molecule has 0 heterocycles. The number of nitro groups is 1. The fourth-order valence-corrected chi connectivity index (χ4v) is 1.90. The lowest BCUT2D eigenvalue weighted by Gasteiger charge is -2.14. The van der Waals surface area contributed by atoms with Crippen molar-refractivity contribution in [2.24, 2.45) is 11.5 Å². The van der Waals surface area contributed by atoms with E-state index in [-0.39, 0.29) is 54.1 Å². The minimum Gasteiger partial charge on any atom is -0.491 e. The van der Waals surface area contributed by atoms with E-state index in [2.05, 4.69) is 5.32 Å². The summed E-state index contributed by atoms with van der Waals surface area (Å²) in [5.41, 5.74) is 10.5. The van der Waals surface area contributed by atoms with Crippen molar-refractivity contribution in [1.29, 1.82) is 0 Å². The molecule has 1 rings (SSSR count).